The molecule has 0 aliphatic carbocycles. The van der Waals surface area contributed by atoms with Crippen LogP contribution in [0.2, 0.25) is 0 Å². The first-order valence-electron chi connectivity index (χ1n) is 4.74. The minimum absolute atomic E-state index is 0.996. The molecule has 0 heteroatoms. The predicted octanol–water partition coefficient (Wildman–Crippen LogP) is 3.41. The average Bonchev–Trinajstić information content (AvgIpc) is 2.06. The summed E-state index contributed by atoms with van der Waals surface area (Å²) in [6.07, 6.45) is 4.53. The van der Waals surface area contributed by atoms with Crippen molar-refractivity contribution in [2.45, 2.75) is 32.6 Å². The first-order valence-corrected chi connectivity index (χ1v) is 4.74. The van der Waals surface area contributed by atoms with Crippen molar-refractivity contribution in [2.24, 2.45) is 0 Å². The standard InChI is InChI=1S/C12H17/c1-3-6-11-8-5-9-12(10-11)7-4-2/h5,8-10H,1,3-4,6-7H2,2H3/q-1. The maximum Gasteiger partial charge on any atom is -0.0281 e. The molecule has 0 nitrogen and oxygen atoms in total. The van der Waals surface area contributed by atoms with E-state index in [0.717, 1.165) is 12.8 Å². The van der Waals surface area contributed by atoms with Gasteiger partial charge in [0.25, 0.3) is 0 Å². The molecule has 1 aromatic rings. The van der Waals surface area contributed by atoms with Crippen LogP contribution in [0, 0.1) is 6.92 Å². The summed E-state index contributed by atoms with van der Waals surface area (Å²) >= 11 is 0. The van der Waals surface area contributed by atoms with E-state index in [1.54, 1.807) is 0 Å². The minimum atomic E-state index is 0.996. The highest BCUT2D eigenvalue weighted by Crippen LogP contribution is 2.08. The van der Waals surface area contributed by atoms with Crippen LogP contribution in [0.15, 0.2) is 24.3 Å². The lowest BCUT2D eigenvalue weighted by Gasteiger charge is -2.03. The fourth-order valence-electron chi connectivity index (χ4n) is 1.43. The monoisotopic (exact) mass is 161 g/mol. The third kappa shape index (κ3) is 2.69. The Hall–Kier alpha value is -0.780. The highest BCUT2D eigenvalue weighted by molar-refractivity contribution is 5.23. The Morgan fingerprint density at radius 3 is 2.42 bits per heavy atom. The lowest BCUT2D eigenvalue weighted by Crippen LogP contribution is -1.87. The summed E-state index contributed by atoms with van der Waals surface area (Å²) < 4.78 is 0. The normalized spacial score (nSPS) is 10.2. The second kappa shape index (κ2) is 4.97. The molecule has 0 saturated carbocycles. The fourth-order valence-corrected chi connectivity index (χ4v) is 1.43. The van der Waals surface area contributed by atoms with Gasteiger partial charge in [0.2, 0.25) is 0 Å². The van der Waals surface area contributed by atoms with Crippen LogP contribution in [0.3, 0.4) is 0 Å². The van der Waals surface area contributed by atoms with E-state index in [0.29, 0.717) is 0 Å². The van der Waals surface area contributed by atoms with E-state index in [4.69, 9.17) is 0 Å². The molecule has 0 saturated heterocycles. The minimum Gasteiger partial charge on any atom is -0.343 e. The van der Waals surface area contributed by atoms with Crippen LogP contribution in [-0.4, -0.2) is 0 Å². The predicted molar refractivity (Wildman–Crippen MR) is 54.1 cm³/mol. The molecule has 0 aromatic heterocycles. The van der Waals surface area contributed by atoms with E-state index in [9.17, 15) is 0 Å². The Morgan fingerprint density at radius 1 is 1.17 bits per heavy atom. The molecule has 0 spiro atoms. The van der Waals surface area contributed by atoms with Crippen LogP contribution >= 0.6 is 0 Å². The average molecular weight is 161 g/mol. The van der Waals surface area contributed by atoms with Gasteiger partial charge >= 0.3 is 0 Å². The van der Waals surface area contributed by atoms with Crippen molar-refractivity contribution in [2.75, 3.05) is 0 Å². The molecule has 0 bridgehead atoms. The molecule has 0 radical (unpaired) electrons. The van der Waals surface area contributed by atoms with Gasteiger partial charge in [-0.3, -0.25) is 0 Å². The van der Waals surface area contributed by atoms with Gasteiger partial charge < -0.3 is 6.92 Å². The molecular formula is C12H17-. The Bertz CT molecular complexity index is 204. The smallest absolute Gasteiger partial charge is 0.0281 e. The SMILES string of the molecule is [CH2-]CCc1cccc(CCC)c1. The highest BCUT2D eigenvalue weighted by atomic mass is 14.0. The quantitative estimate of drug-likeness (QED) is 0.594. The Morgan fingerprint density at radius 2 is 1.83 bits per heavy atom. The largest absolute Gasteiger partial charge is 0.343 e. The molecule has 12 heavy (non-hydrogen) atoms. The molecule has 0 atom stereocenters. The van der Waals surface area contributed by atoms with Crippen molar-refractivity contribution in [3.8, 4) is 0 Å². The lowest BCUT2D eigenvalue weighted by atomic mass is 10.0. The molecule has 1 rings (SSSR count). The first-order chi connectivity index (χ1) is 5.86. The molecule has 0 heterocycles. The zero-order chi connectivity index (χ0) is 8.81. The van der Waals surface area contributed by atoms with Crippen molar-refractivity contribution >= 4 is 0 Å². The second-order valence-corrected chi connectivity index (χ2v) is 3.17. The van der Waals surface area contributed by atoms with E-state index in [1.807, 2.05) is 0 Å². The van der Waals surface area contributed by atoms with E-state index in [1.165, 1.54) is 24.0 Å². The zero-order valence-electron chi connectivity index (χ0n) is 7.84. The van der Waals surface area contributed by atoms with Gasteiger partial charge in [-0.25, -0.2) is 0 Å². The van der Waals surface area contributed by atoms with Crippen LogP contribution in [0.1, 0.15) is 30.9 Å². The highest BCUT2D eigenvalue weighted by Gasteiger charge is 1.92. The molecule has 66 valence electrons. The molecule has 0 aliphatic heterocycles. The Balaban J connectivity index is 2.67. The van der Waals surface area contributed by atoms with Gasteiger partial charge in [-0.1, -0.05) is 49.6 Å². The topological polar surface area (TPSA) is 0 Å². The number of hydrogen-bond donors (Lipinski definition) is 0. The Kier molecular flexibility index (Phi) is 3.86. The zero-order valence-corrected chi connectivity index (χ0v) is 7.84. The summed E-state index contributed by atoms with van der Waals surface area (Å²) in [6, 6.07) is 8.84. The van der Waals surface area contributed by atoms with Gasteiger partial charge in [-0.2, -0.15) is 6.42 Å². The molecular weight excluding hydrogens is 144 g/mol. The van der Waals surface area contributed by atoms with Crippen molar-refractivity contribution in [3.05, 3.63) is 42.3 Å². The van der Waals surface area contributed by atoms with E-state index in [-0.39, 0.29) is 0 Å². The summed E-state index contributed by atoms with van der Waals surface area (Å²) in [5, 5.41) is 0. The summed E-state index contributed by atoms with van der Waals surface area (Å²) in [5.41, 5.74) is 2.89. The van der Waals surface area contributed by atoms with Crippen molar-refractivity contribution < 1.29 is 0 Å². The third-order valence-electron chi connectivity index (χ3n) is 2.00. The van der Waals surface area contributed by atoms with Crippen LogP contribution in [0.5, 0.6) is 0 Å². The summed E-state index contributed by atoms with van der Waals surface area (Å²) in [4.78, 5) is 0. The van der Waals surface area contributed by atoms with Crippen LogP contribution in [-0.2, 0) is 12.8 Å². The van der Waals surface area contributed by atoms with Gasteiger partial charge in [-0.05, 0) is 12.0 Å². The van der Waals surface area contributed by atoms with Gasteiger partial charge in [0, 0.05) is 0 Å². The molecule has 0 amide bonds. The van der Waals surface area contributed by atoms with Crippen molar-refractivity contribution in [1.29, 1.82) is 0 Å². The Labute approximate surface area is 75.6 Å². The van der Waals surface area contributed by atoms with Crippen LogP contribution < -0.4 is 0 Å². The van der Waals surface area contributed by atoms with Gasteiger partial charge in [0.1, 0.15) is 0 Å². The summed E-state index contributed by atoms with van der Waals surface area (Å²) in [7, 11) is 0. The number of rotatable bonds is 4. The molecule has 0 fully saturated rings. The maximum atomic E-state index is 3.86. The lowest BCUT2D eigenvalue weighted by molar-refractivity contribution is 0.912. The van der Waals surface area contributed by atoms with Crippen LogP contribution in [0.25, 0.3) is 0 Å². The number of benzene rings is 1. The van der Waals surface area contributed by atoms with E-state index < -0.39 is 0 Å². The van der Waals surface area contributed by atoms with E-state index >= 15 is 0 Å². The van der Waals surface area contributed by atoms with E-state index in [2.05, 4.69) is 38.1 Å². The molecule has 0 N–H and O–H groups in total. The molecule has 0 unspecified atom stereocenters. The van der Waals surface area contributed by atoms with Crippen LogP contribution in [0.4, 0.5) is 0 Å². The summed E-state index contributed by atoms with van der Waals surface area (Å²) in [5.74, 6) is 0. The summed E-state index contributed by atoms with van der Waals surface area (Å²) in [6.45, 7) is 6.07. The van der Waals surface area contributed by atoms with Gasteiger partial charge in [0.15, 0.2) is 0 Å². The second-order valence-electron chi connectivity index (χ2n) is 3.17. The van der Waals surface area contributed by atoms with Crippen molar-refractivity contribution in [3.63, 3.8) is 0 Å². The number of hydrogen-bond acceptors (Lipinski definition) is 0. The number of aryl methyl sites for hydroxylation is 2. The van der Waals surface area contributed by atoms with Gasteiger partial charge in [-0.15, -0.1) is 0 Å². The van der Waals surface area contributed by atoms with Crippen molar-refractivity contribution in [1.82, 2.24) is 0 Å². The maximum absolute atomic E-state index is 3.86. The van der Waals surface area contributed by atoms with Gasteiger partial charge in [0.05, 0.1) is 0 Å². The molecule has 0 aliphatic rings. The third-order valence-corrected chi connectivity index (χ3v) is 2.00. The fraction of sp³-hybridized carbons (Fsp3) is 0.417. The molecule has 1 aromatic carbocycles. The first kappa shape index (κ1) is 9.31.